The summed E-state index contributed by atoms with van der Waals surface area (Å²) < 4.78 is 17.4. The van der Waals surface area contributed by atoms with E-state index in [4.69, 9.17) is 14.2 Å². The Morgan fingerprint density at radius 2 is 1.43 bits per heavy atom. The van der Waals surface area contributed by atoms with Gasteiger partial charge in [-0.3, -0.25) is 0 Å². The van der Waals surface area contributed by atoms with Crippen LogP contribution in [0.15, 0.2) is 48.5 Å². The molecule has 0 bridgehead atoms. The van der Waals surface area contributed by atoms with Crippen LogP contribution in [0.25, 0.3) is 0 Å². The molecule has 152 valence electrons. The molecule has 0 amide bonds. The highest BCUT2D eigenvalue weighted by Crippen LogP contribution is 2.26. The molecule has 2 aromatic rings. The van der Waals surface area contributed by atoms with Crippen LogP contribution < -0.4 is 0 Å². The van der Waals surface area contributed by atoms with Crippen LogP contribution in [0.5, 0.6) is 11.5 Å². The molecule has 0 aliphatic carbocycles. The molecular weight excluding hydrogens is 360 g/mol. The molecule has 0 heterocycles. The van der Waals surface area contributed by atoms with E-state index in [2.05, 4.69) is 0 Å². The van der Waals surface area contributed by atoms with Gasteiger partial charge in [0.25, 0.3) is 0 Å². The zero-order valence-corrected chi connectivity index (χ0v) is 16.6. The van der Waals surface area contributed by atoms with Crippen LogP contribution in [0.2, 0.25) is 0 Å². The van der Waals surface area contributed by atoms with E-state index in [0.717, 1.165) is 5.56 Å². The zero-order valence-electron chi connectivity index (χ0n) is 16.6. The lowest BCUT2D eigenvalue weighted by molar-refractivity contribution is -0.269. The third-order valence-corrected chi connectivity index (χ3v) is 4.43. The second-order valence-electron chi connectivity index (χ2n) is 6.53. The molecule has 2 N–H and O–H groups in total. The maximum atomic E-state index is 12.6. The Hall–Kier alpha value is -2.57. The molecule has 0 saturated heterocycles. The van der Waals surface area contributed by atoms with Crippen molar-refractivity contribution < 1.29 is 29.2 Å². The van der Waals surface area contributed by atoms with Gasteiger partial charge in [-0.05, 0) is 75.6 Å². The van der Waals surface area contributed by atoms with Crippen LogP contribution in [0.4, 0.5) is 0 Å². The number of aromatic hydroxyl groups is 2. The summed E-state index contributed by atoms with van der Waals surface area (Å²) in [7, 11) is 0. The van der Waals surface area contributed by atoms with Gasteiger partial charge in [-0.25, -0.2) is 4.79 Å². The number of hydrogen-bond donors (Lipinski definition) is 2. The second kappa shape index (κ2) is 10.1. The molecular formula is C22H28O6. The molecule has 0 saturated carbocycles. The molecule has 6 nitrogen and oxygen atoms in total. The van der Waals surface area contributed by atoms with Crippen LogP contribution in [0, 0.1) is 0 Å². The van der Waals surface area contributed by atoms with Crippen LogP contribution in [-0.4, -0.2) is 41.3 Å². The third kappa shape index (κ3) is 5.97. The van der Waals surface area contributed by atoms with Crippen LogP contribution >= 0.6 is 0 Å². The molecule has 0 fully saturated rings. The monoisotopic (exact) mass is 388 g/mol. The standard InChI is InChI=1S/C22H28O6/c1-4-26-22(3,27-5-2)20(15-8-16-6-11-18(23)12-7-16)28-21(25)17-9-13-19(24)14-10-17/h6-7,9-14,20,23-24H,4-5,8,15H2,1-3H3. The van der Waals surface area contributed by atoms with E-state index < -0.39 is 17.9 Å². The fraction of sp³-hybridized carbons (Fsp3) is 0.409. The Kier molecular flexibility index (Phi) is 7.84. The first-order chi connectivity index (χ1) is 13.4. The molecule has 1 unspecified atom stereocenters. The van der Waals surface area contributed by atoms with Gasteiger partial charge in [0, 0.05) is 13.2 Å². The van der Waals surface area contributed by atoms with E-state index in [-0.39, 0.29) is 11.5 Å². The number of benzene rings is 2. The van der Waals surface area contributed by atoms with E-state index in [1.54, 1.807) is 19.1 Å². The molecule has 0 aromatic heterocycles. The number of hydrogen-bond acceptors (Lipinski definition) is 6. The first kappa shape index (κ1) is 21.7. The minimum absolute atomic E-state index is 0.0777. The molecule has 0 radical (unpaired) electrons. The molecule has 0 aliphatic heterocycles. The number of aryl methyl sites for hydroxylation is 1. The second-order valence-corrected chi connectivity index (χ2v) is 6.53. The topological polar surface area (TPSA) is 85.2 Å². The van der Waals surface area contributed by atoms with E-state index in [0.29, 0.717) is 31.6 Å². The Balaban J connectivity index is 2.19. The number of phenols is 2. The Bertz CT molecular complexity index is 733. The Morgan fingerprint density at radius 1 is 0.929 bits per heavy atom. The fourth-order valence-electron chi connectivity index (χ4n) is 2.98. The van der Waals surface area contributed by atoms with Gasteiger partial charge in [0.15, 0.2) is 6.10 Å². The first-order valence-corrected chi connectivity index (χ1v) is 9.43. The van der Waals surface area contributed by atoms with Crippen LogP contribution in [-0.2, 0) is 20.6 Å². The maximum absolute atomic E-state index is 12.6. The smallest absolute Gasteiger partial charge is 0.338 e. The zero-order chi connectivity index (χ0) is 20.6. The number of carbonyl (C=O) groups excluding carboxylic acids is 1. The quantitative estimate of drug-likeness (QED) is 0.472. The van der Waals surface area contributed by atoms with Gasteiger partial charge in [-0.1, -0.05) is 12.1 Å². The van der Waals surface area contributed by atoms with Crippen molar-refractivity contribution in [2.75, 3.05) is 13.2 Å². The van der Waals surface area contributed by atoms with E-state index in [1.807, 2.05) is 26.0 Å². The lowest BCUT2D eigenvalue weighted by Crippen LogP contribution is -2.47. The fourth-order valence-corrected chi connectivity index (χ4v) is 2.98. The summed E-state index contributed by atoms with van der Waals surface area (Å²) in [6, 6.07) is 12.8. The predicted molar refractivity (Wildman–Crippen MR) is 105 cm³/mol. The Labute approximate surface area is 165 Å². The first-order valence-electron chi connectivity index (χ1n) is 9.43. The summed E-state index contributed by atoms with van der Waals surface area (Å²) in [4.78, 5) is 12.6. The molecule has 0 spiro atoms. The van der Waals surface area contributed by atoms with E-state index in [9.17, 15) is 15.0 Å². The molecule has 2 aromatic carbocycles. The number of carbonyl (C=O) groups is 1. The highest BCUT2D eigenvalue weighted by atomic mass is 16.7. The van der Waals surface area contributed by atoms with E-state index >= 15 is 0 Å². The van der Waals surface area contributed by atoms with Crippen molar-refractivity contribution in [1.82, 2.24) is 0 Å². The molecule has 6 heteroatoms. The van der Waals surface area contributed by atoms with Gasteiger partial charge >= 0.3 is 5.97 Å². The maximum Gasteiger partial charge on any atom is 0.338 e. The largest absolute Gasteiger partial charge is 0.508 e. The minimum atomic E-state index is -1.09. The summed E-state index contributed by atoms with van der Waals surface area (Å²) in [6.07, 6.45) is 0.441. The predicted octanol–water partition coefficient (Wildman–Crippen LogP) is 4.05. The van der Waals surface area contributed by atoms with E-state index in [1.165, 1.54) is 24.3 Å². The van der Waals surface area contributed by atoms with Gasteiger partial charge in [-0.2, -0.15) is 0 Å². The SMILES string of the molecule is CCOC(C)(OCC)C(CCc1ccc(O)cc1)OC(=O)c1ccc(O)cc1. The van der Waals surface area contributed by atoms with Crippen LogP contribution in [0.3, 0.4) is 0 Å². The van der Waals surface area contributed by atoms with Gasteiger partial charge in [-0.15, -0.1) is 0 Å². The van der Waals surface area contributed by atoms with Gasteiger partial charge in [0.2, 0.25) is 5.79 Å². The summed E-state index contributed by atoms with van der Waals surface area (Å²) in [5.74, 6) is -1.32. The number of rotatable bonds is 10. The summed E-state index contributed by atoms with van der Waals surface area (Å²) in [6.45, 7) is 6.30. The van der Waals surface area contributed by atoms with Crippen molar-refractivity contribution in [3.05, 3.63) is 59.7 Å². The highest BCUT2D eigenvalue weighted by molar-refractivity contribution is 5.89. The Morgan fingerprint density at radius 3 is 1.93 bits per heavy atom. The normalized spacial score (nSPS) is 12.5. The van der Waals surface area contributed by atoms with Gasteiger partial charge in [0.1, 0.15) is 11.5 Å². The third-order valence-electron chi connectivity index (χ3n) is 4.43. The van der Waals surface area contributed by atoms with Crippen molar-refractivity contribution in [3.63, 3.8) is 0 Å². The number of esters is 1. The minimum Gasteiger partial charge on any atom is -0.508 e. The molecule has 0 aliphatic rings. The van der Waals surface area contributed by atoms with Gasteiger partial charge in [0.05, 0.1) is 5.56 Å². The van der Waals surface area contributed by atoms with Crippen LogP contribution in [0.1, 0.15) is 43.1 Å². The van der Waals surface area contributed by atoms with Crippen molar-refractivity contribution >= 4 is 5.97 Å². The summed E-state index contributed by atoms with van der Waals surface area (Å²) in [5.41, 5.74) is 1.33. The van der Waals surface area contributed by atoms with Crippen molar-refractivity contribution in [1.29, 1.82) is 0 Å². The van der Waals surface area contributed by atoms with Crippen molar-refractivity contribution in [2.45, 2.75) is 45.5 Å². The lowest BCUT2D eigenvalue weighted by atomic mass is 10.0. The van der Waals surface area contributed by atoms with Crippen molar-refractivity contribution in [2.24, 2.45) is 0 Å². The van der Waals surface area contributed by atoms with Gasteiger partial charge < -0.3 is 24.4 Å². The average molecular weight is 388 g/mol. The summed E-state index contributed by atoms with van der Waals surface area (Å²) >= 11 is 0. The highest BCUT2D eigenvalue weighted by Gasteiger charge is 2.39. The molecule has 1 atom stereocenters. The number of phenolic OH excluding ortho intramolecular Hbond substituents is 2. The number of ether oxygens (including phenoxy) is 3. The van der Waals surface area contributed by atoms with Crippen molar-refractivity contribution in [3.8, 4) is 11.5 Å². The average Bonchev–Trinajstić information content (AvgIpc) is 2.67. The summed E-state index contributed by atoms with van der Waals surface area (Å²) in [5, 5.41) is 18.9. The lowest BCUT2D eigenvalue weighted by Gasteiger charge is -2.36. The molecule has 2 rings (SSSR count). The molecule has 28 heavy (non-hydrogen) atoms.